The molecule has 8 rings (SSSR count). The second kappa shape index (κ2) is 87.7. The maximum atomic E-state index is 9.44. The van der Waals surface area contributed by atoms with Crippen molar-refractivity contribution in [1.29, 1.82) is 0 Å². The van der Waals surface area contributed by atoms with E-state index >= 15 is 0 Å². The van der Waals surface area contributed by atoms with Crippen molar-refractivity contribution < 1.29 is 52.0 Å². The van der Waals surface area contributed by atoms with Crippen LogP contribution < -0.4 is 0 Å². The third-order valence-corrected chi connectivity index (χ3v) is 8.12. The van der Waals surface area contributed by atoms with Gasteiger partial charge in [0.25, 0.3) is 0 Å². The van der Waals surface area contributed by atoms with Crippen LogP contribution in [0.5, 0.6) is 0 Å². The Labute approximate surface area is 529 Å². The Hall–Kier alpha value is -5.11. The van der Waals surface area contributed by atoms with Gasteiger partial charge in [0.15, 0.2) is 0 Å². The Morgan fingerprint density at radius 2 is 0.812 bits per heavy atom. The van der Waals surface area contributed by atoms with Gasteiger partial charge in [-0.15, -0.1) is 24.3 Å². The summed E-state index contributed by atoms with van der Waals surface area (Å²) >= 11 is 0. The van der Waals surface area contributed by atoms with Crippen molar-refractivity contribution in [3.05, 3.63) is 230 Å². The molecule has 2 aromatic heterocycles. The van der Waals surface area contributed by atoms with Crippen LogP contribution in [0.25, 0.3) is 34.0 Å². The Balaban J connectivity index is -0.0000000528. The van der Waals surface area contributed by atoms with Gasteiger partial charge >= 0.3 is 42.1 Å². The predicted octanol–water partition coefficient (Wildman–Crippen LogP) is 23.9. The van der Waals surface area contributed by atoms with Crippen molar-refractivity contribution in [2.45, 2.75) is 183 Å². The van der Waals surface area contributed by atoms with E-state index < -0.39 is 0 Å². The summed E-state index contributed by atoms with van der Waals surface area (Å²) in [6.45, 7) is 36.7. The van der Waals surface area contributed by atoms with Crippen LogP contribution in [-0.4, -0.2) is 28.0 Å². The fraction of sp³-hybridized carbons (Fsp3) is 0.392. The molecule has 0 saturated carbocycles. The van der Waals surface area contributed by atoms with Gasteiger partial charge in [0.05, 0.1) is 22.4 Å². The minimum Gasteiger partial charge on any atom is -0.400 e. The summed E-state index contributed by atoms with van der Waals surface area (Å²) in [5.74, 6) is 1.26. The number of fused-ring (bicyclic) bond motifs is 2. The number of rotatable bonds is 6. The van der Waals surface area contributed by atoms with E-state index in [1.165, 1.54) is 35.7 Å². The van der Waals surface area contributed by atoms with Crippen LogP contribution in [-0.2, 0) is 59.8 Å². The smallest absolute Gasteiger partial charge is 0.400 e. The monoisotopic (exact) mass is 1440 g/mol. The first kappa shape index (κ1) is 110. The number of aliphatic hydroxyl groups is 1. The van der Waals surface area contributed by atoms with Gasteiger partial charge in [0.2, 0.25) is 0 Å². The molecule has 0 radical (unpaired) electrons. The fourth-order valence-electron chi connectivity index (χ4n) is 5.52. The van der Waals surface area contributed by atoms with Gasteiger partial charge in [-0.25, -0.2) is 47.1 Å². The van der Waals surface area contributed by atoms with Gasteiger partial charge < -0.3 is 9.90 Å². The first-order chi connectivity index (χ1) is 34.9. The van der Waals surface area contributed by atoms with Gasteiger partial charge in [-0.2, -0.15) is 71.8 Å². The van der Waals surface area contributed by atoms with Crippen LogP contribution in [0.3, 0.4) is 0 Å². The summed E-state index contributed by atoms with van der Waals surface area (Å²) in [5, 5.41) is 9.36. The largest absolute Gasteiger partial charge is 2.00 e. The number of nitrogens with zero attached hydrogens (tertiary/aromatic N) is 2. The standard InChI is InChI=1S/2C13H12.C12H11N.C11H9N.C3H6O.7C2H6.CH4O.7CH4.2W/c2*1-3-7-12(8-4-1)11-13-9-5-2-6-10-13;1-2-5-11-9-8-10-6-3-4-7-12(10)13-11;1-2-10-8-7-9-5-3-4-6-11(9)12-10;1-3(2)4;8*1-2;;;;;;;;;/h2*1-9,12H,11H2;2-9H,1H3;2-8H,1H2;1-2H3;7*1-2H3;2H,1H3;7*1H4;;/q2*-2;;;;;;;;;;;;;;;;;;;2*+2/b;;5-2-;;;;;;;;;;;;;;;;;;;. The van der Waals surface area contributed by atoms with Crippen molar-refractivity contribution in [2.75, 3.05) is 7.11 Å². The molecule has 2 heterocycles. The van der Waals surface area contributed by atoms with Crippen LogP contribution in [0.2, 0.25) is 0 Å². The molecule has 2 aliphatic rings. The van der Waals surface area contributed by atoms with Crippen molar-refractivity contribution >= 4 is 39.7 Å². The molecule has 6 heteroatoms. The number of allylic oxidation sites excluding steroid dienone is 9. The number of carbonyl (C=O) groups is 1. The molecule has 4 aromatic carbocycles. The number of benzene rings is 4. The normalized spacial score (nSPS) is 10.7. The third kappa shape index (κ3) is 59.0. The summed E-state index contributed by atoms with van der Waals surface area (Å²) in [7, 11) is 1.00. The zero-order valence-corrected chi connectivity index (χ0v) is 54.3. The van der Waals surface area contributed by atoms with Gasteiger partial charge in [-0.1, -0.05) is 235 Å². The second-order valence-corrected chi connectivity index (χ2v) is 12.9. The van der Waals surface area contributed by atoms with Crippen LogP contribution in [0, 0.1) is 36.8 Å². The van der Waals surface area contributed by atoms with E-state index in [0.717, 1.165) is 42.4 Å². The van der Waals surface area contributed by atoms with Crippen molar-refractivity contribution in [1.82, 2.24) is 9.97 Å². The van der Waals surface area contributed by atoms with Crippen molar-refractivity contribution in [3.63, 3.8) is 0 Å². The molecule has 1 N–H and O–H groups in total. The first-order valence-electron chi connectivity index (χ1n) is 26.1. The summed E-state index contributed by atoms with van der Waals surface area (Å²) in [6, 6.07) is 47.1. The number of pyridine rings is 2. The zero-order chi connectivity index (χ0) is 54.9. The van der Waals surface area contributed by atoms with Gasteiger partial charge in [0.1, 0.15) is 5.78 Å². The summed E-state index contributed by atoms with van der Waals surface area (Å²) in [5.41, 5.74) is 6.58. The number of carbonyl (C=O) groups excluding carboxylic acids is 1. The molecular formula is C74H124N2O2W2. The molecule has 454 valence electrons. The van der Waals surface area contributed by atoms with Crippen molar-refractivity contribution in [2.24, 2.45) is 11.8 Å². The average molecular weight is 1440 g/mol. The Kier molecular flexibility index (Phi) is 121. The number of aliphatic hydroxyl groups excluding tert-OH is 1. The van der Waals surface area contributed by atoms with E-state index in [4.69, 9.17) is 5.11 Å². The van der Waals surface area contributed by atoms with E-state index in [9.17, 15) is 4.79 Å². The molecule has 4 nitrogen and oxygen atoms in total. The van der Waals surface area contributed by atoms with E-state index in [2.05, 4.69) is 139 Å². The Morgan fingerprint density at radius 1 is 0.500 bits per heavy atom. The van der Waals surface area contributed by atoms with Crippen LogP contribution >= 0.6 is 0 Å². The average Bonchev–Trinajstić information content (AvgIpc) is 3.46. The molecule has 6 aromatic rings. The number of para-hydroxylation sites is 2. The Morgan fingerprint density at radius 3 is 1.10 bits per heavy atom. The maximum Gasteiger partial charge on any atom is 2.00 e. The second-order valence-electron chi connectivity index (χ2n) is 12.9. The topological polar surface area (TPSA) is 63.1 Å². The molecule has 2 unspecified atom stereocenters. The van der Waals surface area contributed by atoms with Gasteiger partial charge in [-0.05, 0) is 57.2 Å². The molecule has 2 atom stereocenters. The quantitative estimate of drug-likeness (QED) is 0.169. The summed E-state index contributed by atoms with van der Waals surface area (Å²) < 4.78 is 0. The number of aromatic nitrogens is 2. The molecule has 0 saturated heterocycles. The van der Waals surface area contributed by atoms with Crippen LogP contribution in [0.15, 0.2) is 183 Å². The third-order valence-electron chi connectivity index (χ3n) is 8.12. The molecule has 0 bridgehead atoms. The number of hydrogen-bond donors (Lipinski definition) is 1. The maximum absolute atomic E-state index is 9.44. The molecule has 0 spiro atoms. The molecular weight excluding hydrogens is 1320 g/mol. The van der Waals surface area contributed by atoms with E-state index in [0.29, 0.717) is 11.8 Å². The predicted molar refractivity (Wildman–Crippen MR) is 369 cm³/mol. The molecule has 0 amide bonds. The van der Waals surface area contributed by atoms with E-state index in [-0.39, 0.29) is 99.9 Å². The molecule has 2 aliphatic carbocycles. The molecule has 80 heavy (non-hydrogen) atoms. The van der Waals surface area contributed by atoms with Gasteiger partial charge in [0, 0.05) is 17.9 Å². The summed E-state index contributed by atoms with van der Waals surface area (Å²) in [4.78, 5) is 18.3. The number of Topliss-reactive ketones (excluding diaryl/α,β-unsaturated/α-hetero) is 1. The minimum atomic E-state index is 0. The van der Waals surface area contributed by atoms with Crippen molar-refractivity contribution in [3.8, 4) is 0 Å². The van der Waals surface area contributed by atoms with E-state index in [1.54, 1.807) is 6.08 Å². The minimum absolute atomic E-state index is 0. The molecule has 0 fully saturated rings. The van der Waals surface area contributed by atoms with E-state index in [1.807, 2.05) is 189 Å². The van der Waals surface area contributed by atoms with Gasteiger partial charge in [-0.3, -0.25) is 0 Å². The van der Waals surface area contributed by atoms with Crippen LogP contribution in [0.4, 0.5) is 0 Å². The summed E-state index contributed by atoms with van der Waals surface area (Å²) in [6.07, 6.45) is 29.3. The first-order valence-corrected chi connectivity index (χ1v) is 26.1. The Bertz CT molecular complexity index is 2140. The number of hydrogen-bond acceptors (Lipinski definition) is 4. The zero-order valence-electron chi connectivity index (χ0n) is 48.4. The van der Waals surface area contributed by atoms with Crippen LogP contribution in [0.1, 0.15) is 192 Å². The SMILES string of the molecule is C.C.C.C.C.C.C.C/C=C\c1ccc2ccccc2n1.C=Cc1ccc2ccccc2n1.CC.CC.CC.CC.CC.CC.CC.CC(C)=O.CO.[W+2].[W+2].[c-]1ccccc1CC1C=CC=C[CH-]1.[c-]1ccccc1CC1C=CC=C[CH-]1. The number of ketones is 1. The molecule has 0 aliphatic heterocycles. The fourth-order valence-corrected chi connectivity index (χ4v) is 5.52.